The normalized spacial score (nSPS) is 19.0. The Balaban J connectivity index is 1.91. The highest BCUT2D eigenvalue weighted by molar-refractivity contribution is 7.89. The largest absolute Gasteiger partial charge is 0.379 e. The summed E-state index contributed by atoms with van der Waals surface area (Å²) in [6, 6.07) is 4.95. The Morgan fingerprint density at radius 3 is 2.64 bits per heavy atom. The Bertz CT molecular complexity index is 708. The first kappa shape index (κ1) is 15.2. The van der Waals surface area contributed by atoms with E-state index < -0.39 is 10.0 Å². The summed E-state index contributed by atoms with van der Waals surface area (Å²) < 4.78 is 31.9. The predicted octanol–water partition coefficient (Wildman–Crippen LogP) is 0.783. The van der Waals surface area contributed by atoms with E-state index in [1.165, 1.54) is 10.4 Å². The van der Waals surface area contributed by atoms with Crippen LogP contribution in [-0.2, 0) is 26.0 Å². The lowest BCUT2D eigenvalue weighted by Crippen LogP contribution is -2.40. The van der Waals surface area contributed by atoms with Gasteiger partial charge in [-0.25, -0.2) is 8.42 Å². The lowest BCUT2D eigenvalue weighted by molar-refractivity contribution is -0.114. The molecule has 22 heavy (non-hydrogen) atoms. The van der Waals surface area contributed by atoms with Crippen LogP contribution >= 0.6 is 0 Å². The van der Waals surface area contributed by atoms with E-state index in [-0.39, 0.29) is 10.8 Å². The van der Waals surface area contributed by atoms with E-state index in [1.807, 2.05) is 0 Å². The van der Waals surface area contributed by atoms with E-state index in [0.717, 1.165) is 11.3 Å². The summed E-state index contributed by atoms with van der Waals surface area (Å²) in [5, 5.41) is 0. The van der Waals surface area contributed by atoms with Crippen LogP contribution in [0.25, 0.3) is 0 Å². The van der Waals surface area contributed by atoms with Gasteiger partial charge in [0, 0.05) is 25.3 Å². The van der Waals surface area contributed by atoms with Crippen LogP contribution < -0.4 is 4.90 Å². The number of nitrogens with zero attached hydrogens (tertiary/aromatic N) is 2. The number of sulfonamides is 1. The first-order valence-corrected chi connectivity index (χ1v) is 8.63. The molecule has 0 N–H and O–H groups in total. The third-order valence-corrected chi connectivity index (χ3v) is 5.89. The van der Waals surface area contributed by atoms with Crippen molar-refractivity contribution >= 4 is 21.6 Å². The van der Waals surface area contributed by atoms with Gasteiger partial charge in [-0.2, -0.15) is 4.31 Å². The highest BCUT2D eigenvalue weighted by atomic mass is 32.2. The maximum atomic E-state index is 12.6. The third kappa shape index (κ3) is 2.55. The standard InChI is InChI=1S/C15H18N2O4S/c1-2-15(18)17-6-5-12-11-13(3-4-14(12)17)22(19,20)16-7-9-21-10-8-16/h2-4,11H,1,5-10H2. The Kier molecular flexibility index (Phi) is 4.03. The fraction of sp³-hybridized carbons (Fsp3) is 0.400. The molecule has 1 amide bonds. The van der Waals surface area contributed by atoms with E-state index in [4.69, 9.17) is 4.74 Å². The van der Waals surface area contributed by atoms with E-state index in [2.05, 4.69) is 6.58 Å². The molecule has 0 aliphatic carbocycles. The molecule has 1 aromatic rings. The zero-order valence-electron chi connectivity index (χ0n) is 12.2. The molecule has 6 nitrogen and oxygen atoms in total. The van der Waals surface area contributed by atoms with Gasteiger partial charge in [0.2, 0.25) is 15.9 Å². The van der Waals surface area contributed by atoms with Gasteiger partial charge in [0.05, 0.1) is 18.1 Å². The van der Waals surface area contributed by atoms with Crippen molar-refractivity contribution in [2.75, 3.05) is 37.7 Å². The van der Waals surface area contributed by atoms with Crippen molar-refractivity contribution in [1.29, 1.82) is 0 Å². The van der Waals surface area contributed by atoms with Crippen LogP contribution in [0.2, 0.25) is 0 Å². The van der Waals surface area contributed by atoms with Crippen molar-refractivity contribution in [3.8, 4) is 0 Å². The fourth-order valence-electron chi connectivity index (χ4n) is 2.81. The smallest absolute Gasteiger partial charge is 0.250 e. The van der Waals surface area contributed by atoms with Gasteiger partial charge in [0.25, 0.3) is 0 Å². The van der Waals surface area contributed by atoms with Crippen LogP contribution in [0, 0.1) is 0 Å². The molecule has 3 rings (SSSR count). The van der Waals surface area contributed by atoms with Crippen LogP contribution in [0.4, 0.5) is 5.69 Å². The van der Waals surface area contributed by atoms with Gasteiger partial charge in [0.1, 0.15) is 0 Å². The maximum Gasteiger partial charge on any atom is 0.250 e. The summed E-state index contributed by atoms with van der Waals surface area (Å²) in [6.45, 7) is 5.64. The molecule has 1 fully saturated rings. The molecule has 118 valence electrons. The molecule has 0 saturated carbocycles. The fourth-order valence-corrected chi connectivity index (χ4v) is 4.27. The predicted molar refractivity (Wildman–Crippen MR) is 82.3 cm³/mol. The molecule has 2 aliphatic rings. The quantitative estimate of drug-likeness (QED) is 0.772. The van der Waals surface area contributed by atoms with E-state index in [1.54, 1.807) is 23.1 Å². The average Bonchev–Trinajstić information content (AvgIpc) is 2.98. The number of hydrogen-bond donors (Lipinski definition) is 0. The number of amides is 1. The molecule has 0 spiro atoms. The molecule has 0 bridgehead atoms. The van der Waals surface area contributed by atoms with Crippen molar-refractivity contribution in [2.24, 2.45) is 0 Å². The van der Waals surface area contributed by atoms with Crippen molar-refractivity contribution in [3.63, 3.8) is 0 Å². The summed E-state index contributed by atoms with van der Waals surface area (Å²) >= 11 is 0. The van der Waals surface area contributed by atoms with Gasteiger partial charge >= 0.3 is 0 Å². The Morgan fingerprint density at radius 2 is 1.95 bits per heavy atom. The molecule has 2 aliphatic heterocycles. The third-order valence-electron chi connectivity index (χ3n) is 3.99. The zero-order valence-corrected chi connectivity index (χ0v) is 13.0. The lowest BCUT2D eigenvalue weighted by Gasteiger charge is -2.26. The molecule has 2 heterocycles. The number of rotatable bonds is 3. The van der Waals surface area contributed by atoms with Crippen LogP contribution in [-0.4, -0.2) is 51.5 Å². The highest BCUT2D eigenvalue weighted by Gasteiger charge is 2.29. The molecule has 0 aromatic heterocycles. The second-order valence-electron chi connectivity index (χ2n) is 5.25. The minimum atomic E-state index is -3.50. The van der Waals surface area contributed by atoms with Crippen molar-refractivity contribution < 1.29 is 17.9 Å². The van der Waals surface area contributed by atoms with Crippen LogP contribution in [0.1, 0.15) is 5.56 Å². The first-order valence-electron chi connectivity index (χ1n) is 7.19. The summed E-state index contributed by atoms with van der Waals surface area (Å²) in [5.74, 6) is -0.164. The second kappa shape index (κ2) is 5.83. The van der Waals surface area contributed by atoms with Gasteiger partial charge in [-0.3, -0.25) is 4.79 Å². The number of carbonyl (C=O) groups excluding carboxylic acids is 1. The van der Waals surface area contributed by atoms with Gasteiger partial charge in [0.15, 0.2) is 0 Å². The summed E-state index contributed by atoms with van der Waals surface area (Å²) in [4.78, 5) is 13.7. The Morgan fingerprint density at radius 1 is 1.23 bits per heavy atom. The van der Waals surface area contributed by atoms with E-state index in [0.29, 0.717) is 39.3 Å². The number of hydrogen-bond acceptors (Lipinski definition) is 4. The first-order chi connectivity index (χ1) is 10.5. The Hall–Kier alpha value is -1.70. The molecule has 7 heteroatoms. The van der Waals surface area contributed by atoms with Gasteiger partial charge in [-0.15, -0.1) is 0 Å². The molecule has 0 unspecified atom stereocenters. The summed E-state index contributed by atoms with van der Waals surface area (Å²) in [7, 11) is -3.50. The lowest BCUT2D eigenvalue weighted by atomic mass is 10.2. The van der Waals surface area contributed by atoms with Gasteiger partial charge < -0.3 is 9.64 Å². The molecule has 0 atom stereocenters. The van der Waals surface area contributed by atoms with Crippen LogP contribution in [0.3, 0.4) is 0 Å². The highest BCUT2D eigenvalue weighted by Crippen LogP contribution is 2.31. The van der Waals surface area contributed by atoms with Gasteiger partial charge in [-0.1, -0.05) is 6.58 Å². The number of fused-ring (bicyclic) bond motifs is 1. The zero-order chi connectivity index (χ0) is 15.7. The van der Waals surface area contributed by atoms with E-state index in [9.17, 15) is 13.2 Å². The van der Waals surface area contributed by atoms with Crippen molar-refractivity contribution in [3.05, 3.63) is 36.4 Å². The maximum absolute atomic E-state index is 12.6. The number of ether oxygens (including phenoxy) is 1. The number of carbonyl (C=O) groups is 1. The number of anilines is 1. The average molecular weight is 322 g/mol. The summed E-state index contributed by atoms with van der Waals surface area (Å²) in [6.07, 6.45) is 1.93. The van der Waals surface area contributed by atoms with Crippen LogP contribution in [0.5, 0.6) is 0 Å². The van der Waals surface area contributed by atoms with Crippen molar-refractivity contribution in [1.82, 2.24) is 4.31 Å². The molecular formula is C15H18N2O4S. The molecule has 1 aromatic carbocycles. The number of benzene rings is 1. The minimum absolute atomic E-state index is 0.164. The second-order valence-corrected chi connectivity index (χ2v) is 7.19. The van der Waals surface area contributed by atoms with Gasteiger partial charge in [-0.05, 0) is 36.3 Å². The number of morpholine rings is 1. The minimum Gasteiger partial charge on any atom is -0.379 e. The molecular weight excluding hydrogens is 304 g/mol. The van der Waals surface area contributed by atoms with Crippen molar-refractivity contribution in [2.45, 2.75) is 11.3 Å². The summed E-state index contributed by atoms with van der Waals surface area (Å²) in [5.41, 5.74) is 1.65. The molecule has 0 radical (unpaired) electrons. The SMILES string of the molecule is C=CC(=O)N1CCc2cc(S(=O)(=O)N3CCOCC3)ccc21. The monoisotopic (exact) mass is 322 g/mol. The van der Waals surface area contributed by atoms with Crippen LogP contribution in [0.15, 0.2) is 35.7 Å². The Labute approximate surface area is 130 Å². The van der Waals surface area contributed by atoms with E-state index >= 15 is 0 Å². The molecule has 1 saturated heterocycles. The topological polar surface area (TPSA) is 66.9 Å².